The van der Waals surface area contributed by atoms with Crippen LogP contribution in [0.2, 0.25) is 0 Å². The number of rotatable bonds is 2. The van der Waals surface area contributed by atoms with Crippen LogP contribution in [0.3, 0.4) is 0 Å². The number of anilines is 1. The molecule has 2 aromatic heterocycles. The van der Waals surface area contributed by atoms with E-state index in [-0.39, 0.29) is 0 Å². The summed E-state index contributed by atoms with van der Waals surface area (Å²) < 4.78 is 8.29. The number of nitrogens with one attached hydrogen (secondary N) is 1. The van der Waals surface area contributed by atoms with Gasteiger partial charge in [-0.15, -0.1) is 0 Å². The molecule has 0 aromatic carbocycles. The Morgan fingerprint density at radius 1 is 1.38 bits per heavy atom. The van der Waals surface area contributed by atoms with Crippen molar-refractivity contribution >= 4 is 17.5 Å². The highest BCUT2D eigenvalue weighted by Gasteiger charge is 2.07. The molecule has 2 aromatic rings. The third-order valence-electron chi connectivity index (χ3n) is 1.66. The largest absolute Gasteiger partial charge is 0.370 e. The highest BCUT2D eigenvalue weighted by atomic mass is 32.1. The number of hydrogen-bond acceptors (Lipinski definition) is 5. The first-order chi connectivity index (χ1) is 6.42. The summed E-state index contributed by atoms with van der Waals surface area (Å²) in [6.07, 6.45) is 3.51. The summed E-state index contributed by atoms with van der Waals surface area (Å²) in [6, 6.07) is 3.85. The van der Waals surface area contributed by atoms with E-state index in [9.17, 15) is 0 Å². The molecule has 0 bridgehead atoms. The molecule has 5 heteroatoms. The van der Waals surface area contributed by atoms with Gasteiger partial charge in [0.05, 0.1) is 11.7 Å². The Kier molecular flexibility index (Phi) is 2.18. The Hall–Kier alpha value is -1.49. The van der Waals surface area contributed by atoms with Crippen molar-refractivity contribution in [2.45, 2.75) is 0 Å². The summed E-state index contributed by atoms with van der Waals surface area (Å²) in [5.41, 5.74) is 1.85. The molecule has 4 nitrogen and oxygen atoms in total. The summed E-state index contributed by atoms with van der Waals surface area (Å²) in [5.74, 6) is 0.804. The Labute approximate surface area is 80.0 Å². The zero-order valence-electron chi connectivity index (χ0n) is 7.06. The van der Waals surface area contributed by atoms with Crippen LogP contribution in [0.25, 0.3) is 11.3 Å². The molecule has 13 heavy (non-hydrogen) atoms. The third kappa shape index (κ3) is 1.50. The molecule has 1 N–H and O–H groups in total. The highest BCUT2D eigenvalue weighted by molar-refractivity contribution is 6.99. The van der Waals surface area contributed by atoms with Gasteiger partial charge in [-0.05, 0) is 12.1 Å². The van der Waals surface area contributed by atoms with Crippen LogP contribution >= 0.6 is 11.7 Å². The smallest absolute Gasteiger partial charge is 0.167 e. The second-order valence-electron chi connectivity index (χ2n) is 2.45. The standard InChI is InChI=1S/C8H8N4S/c1-9-8-7(11-13-12-8)6-3-2-4-10-5-6/h2-5H,1H3,(H,9,12). The Balaban J connectivity index is 2.47. The van der Waals surface area contributed by atoms with Crippen LogP contribution in [0.1, 0.15) is 0 Å². The molecular formula is C8H8N4S. The van der Waals surface area contributed by atoms with E-state index in [1.807, 2.05) is 19.2 Å². The number of hydrogen-bond donors (Lipinski definition) is 1. The maximum atomic E-state index is 4.19. The molecule has 0 fully saturated rings. The van der Waals surface area contributed by atoms with Crippen molar-refractivity contribution in [3.05, 3.63) is 24.5 Å². The molecule has 0 aliphatic carbocycles. The van der Waals surface area contributed by atoms with E-state index in [1.54, 1.807) is 12.4 Å². The average molecular weight is 192 g/mol. The summed E-state index contributed by atoms with van der Waals surface area (Å²) in [4.78, 5) is 4.03. The van der Waals surface area contributed by atoms with E-state index in [0.717, 1.165) is 17.1 Å². The quantitative estimate of drug-likeness (QED) is 0.786. The van der Waals surface area contributed by atoms with Crippen molar-refractivity contribution in [1.29, 1.82) is 0 Å². The molecule has 0 atom stereocenters. The molecule has 0 amide bonds. The molecule has 0 aliphatic rings. The highest BCUT2D eigenvalue weighted by Crippen LogP contribution is 2.23. The minimum absolute atomic E-state index is 0.804. The SMILES string of the molecule is CNc1nsnc1-c1cccnc1. The van der Waals surface area contributed by atoms with Gasteiger partial charge in [-0.1, -0.05) is 0 Å². The fourth-order valence-electron chi connectivity index (χ4n) is 1.04. The molecule has 0 spiro atoms. The Morgan fingerprint density at radius 2 is 2.31 bits per heavy atom. The van der Waals surface area contributed by atoms with E-state index in [1.165, 1.54) is 11.7 Å². The average Bonchev–Trinajstić information content (AvgIpc) is 2.67. The van der Waals surface area contributed by atoms with E-state index in [0.29, 0.717) is 0 Å². The molecular weight excluding hydrogens is 184 g/mol. The van der Waals surface area contributed by atoms with Crippen molar-refractivity contribution in [3.63, 3.8) is 0 Å². The van der Waals surface area contributed by atoms with E-state index < -0.39 is 0 Å². The lowest BCUT2D eigenvalue weighted by Gasteiger charge is -1.97. The Bertz CT molecular complexity index is 384. The van der Waals surface area contributed by atoms with Gasteiger partial charge in [0.25, 0.3) is 0 Å². The second kappa shape index (κ2) is 3.49. The maximum Gasteiger partial charge on any atom is 0.167 e. The summed E-state index contributed by atoms with van der Waals surface area (Å²) >= 11 is 1.20. The summed E-state index contributed by atoms with van der Waals surface area (Å²) in [5, 5.41) is 2.98. The minimum atomic E-state index is 0.804. The number of pyridine rings is 1. The van der Waals surface area contributed by atoms with Crippen LogP contribution < -0.4 is 5.32 Å². The monoisotopic (exact) mass is 192 g/mol. The number of aromatic nitrogens is 3. The fourth-order valence-corrected chi connectivity index (χ4v) is 1.62. The minimum Gasteiger partial charge on any atom is -0.370 e. The van der Waals surface area contributed by atoms with Gasteiger partial charge in [-0.3, -0.25) is 4.98 Å². The first-order valence-corrected chi connectivity index (χ1v) is 4.55. The molecule has 2 rings (SSSR count). The Morgan fingerprint density at radius 3 is 3.00 bits per heavy atom. The lowest BCUT2D eigenvalue weighted by Crippen LogP contribution is -1.90. The van der Waals surface area contributed by atoms with Gasteiger partial charge < -0.3 is 5.32 Å². The molecule has 0 radical (unpaired) electrons. The van der Waals surface area contributed by atoms with Crippen LogP contribution in [-0.4, -0.2) is 20.8 Å². The van der Waals surface area contributed by atoms with Crippen LogP contribution in [0, 0.1) is 0 Å². The van der Waals surface area contributed by atoms with E-state index >= 15 is 0 Å². The topological polar surface area (TPSA) is 50.7 Å². The van der Waals surface area contributed by atoms with Gasteiger partial charge in [0.2, 0.25) is 0 Å². The molecule has 0 aliphatic heterocycles. The van der Waals surface area contributed by atoms with Crippen LogP contribution in [0.4, 0.5) is 5.82 Å². The predicted molar refractivity (Wildman–Crippen MR) is 52.7 cm³/mol. The fraction of sp³-hybridized carbons (Fsp3) is 0.125. The normalized spacial score (nSPS) is 9.92. The molecule has 2 heterocycles. The first-order valence-electron chi connectivity index (χ1n) is 3.82. The van der Waals surface area contributed by atoms with E-state index in [4.69, 9.17) is 0 Å². The van der Waals surface area contributed by atoms with Crippen molar-refractivity contribution < 1.29 is 0 Å². The van der Waals surface area contributed by atoms with Crippen molar-refractivity contribution in [3.8, 4) is 11.3 Å². The second-order valence-corrected chi connectivity index (χ2v) is 2.98. The maximum absolute atomic E-state index is 4.19. The van der Waals surface area contributed by atoms with Crippen LogP contribution in [0.5, 0.6) is 0 Å². The van der Waals surface area contributed by atoms with Gasteiger partial charge in [0.1, 0.15) is 5.69 Å². The lowest BCUT2D eigenvalue weighted by molar-refractivity contribution is 1.31. The van der Waals surface area contributed by atoms with Crippen LogP contribution in [0.15, 0.2) is 24.5 Å². The molecule has 0 unspecified atom stereocenters. The van der Waals surface area contributed by atoms with Crippen molar-refractivity contribution in [2.75, 3.05) is 12.4 Å². The van der Waals surface area contributed by atoms with Gasteiger partial charge >= 0.3 is 0 Å². The lowest BCUT2D eigenvalue weighted by atomic mass is 10.2. The van der Waals surface area contributed by atoms with Gasteiger partial charge in [0.15, 0.2) is 5.82 Å². The molecule has 0 saturated carbocycles. The van der Waals surface area contributed by atoms with Crippen LogP contribution in [-0.2, 0) is 0 Å². The summed E-state index contributed by atoms with van der Waals surface area (Å²) in [6.45, 7) is 0. The number of nitrogens with zero attached hydrogens (tertiary/aromatic N) is 3. The van der Waals surface area contributed by atoms with Gasteiger partial charge in [0, 0.05) is 25.0 Å². The molecule has 66 valence electrons. The predicted octanol–water partition coefficient (Wildman–Crippen LogP) is 1.64. The third-order valence-corrected chi connectivity index (χ3v) is 2.19. The van der Waals surface area contributed by atoms with Gasteiger partial charge in [-0.2, -0.15) is 8.75 Å². The zero-order valence-corrected chi connectivity index (χ0v) is 7.88. The summed E-state index contributed by atoms with van der Waals surface area (Å²) in [7, 11) is 1.83. The van der Waals surface area contributed by atoms with Crippen molar-refractivity contribution in [2.24, 2.45) is 0 Å². The van der Waals surface area contributed by atoms with Gasteiger partial charge in [-0.25, -0.2) is 0 Å². The zero-order chi connectivity index (χ0) is 9.10. The first kappa shape index (κ1) is 8.12. The van der Waals surface area contributed by atoms with E-state index in [2.05, 4.69) is 19.0 Å². The molecule has 0 saturated heterocycles. The van der Waals surface area contributed by atoms with Crippen molar-refractivity contribution in [1.82, 2.24) is 13.7 Å².